The highest BCUT2D eigenvalue weighted by molar-refractivity contribution is 5.36. The summed E-state index contributed by atoms with van der Waals surface area (Å²) in [5.74, 6) is 3.59. The molecule has 3 saturated carbocycles. The van der Waals surface area contributed by atoms with Crippen LogP contribution < -0.4 is 0 Å². The van der Waals surface area contributed by atoms with Crippen molar-refractivity contribution in [3.63, 3.8) is 0 Å². The van der Waals surface area contributed by atoms with E-state index in [1.165, 1.54) is 68.9 Å². The van der Waals surface area contributed by atoms with Gasteiger partial charge in [0.15, 0.2) is 0 Å². The molecule has 0 N–H and O–H groups in total. The molecule has 3 aliphatic carbocycles. The normalized spacial score (nSPS) is 39.3. The van der Waals surface area contributed by atoms with Crippen molar-refractivity contribution >= 4 is 0 Å². The quantitative estimate of drug-likeness (QED) is 0.387. The molecule has 0 saturated heterocycles. The lowest BCUT2D eigenvalue weighted by Gasteiger charge is -2.60. The fraction of sp³-hybridized carbons (Fsp3) is 0.742. The molecule has 3 aliphatic rings. The van der Waals surface area contributed by atoms with Gasteiger partial charge in [0.25, 0.3) is 0 Å². The number of hydrogen-bond acceptors (Lipinski definition) is 0. The Morgan fingerprint density at radius 2 is 1.68 bits per heavy atom. The van der Waals surface area contributed by atoms with Crippen LogP contribution in [0.15, 0.2) is 47.6 Å². The van der Waals surface area contributed by atoms with Crippen LogP contribution in [0.2, 0.25) is 0 Å². The molecule has 0 heteroatoms. The molecule has 31 heavy (non-hydrogen) atoms. The Bertz CT molecular complexity index is 731. The average molecular weight is 423 g/mol. The zero-order valence-corrected chi connectivity index (χ0v) is 21.8. The topological polar surface area (TPSA) is 0 Å². The maximum atomic E-state index is 4.38. The summed E-state index contributed by atoms with van der Waals surface area (Å²) in [5, 5.41) is 0. The van der Waals surface area contributed by atoms with Gasteiger partial charge in [-0.2, -0.15) is 0 Å². The Morgan fingerprint density at radius 3 is 2.39 bits per heavy atom. The van der Waals surface area contributed by atoms with Gasteiger partial charge in [0.1, 0.15) is 0 Å². The molecule has 0 aromatic heterocycles. The Hall–Kier alpha value is -1.04. The van der Waals surface area contributed by atoms with Crippen LogP contribution in [0, 0.1) is 40.4 Å². The predicted molar refractivity (Wildman–Crippen MR) is 138 cm³/mol. The van der Waals surface area contributed by atoms with Gasteiger partial charge in [0.05, 0.1) is 0 Å². The van der Waals surface area contributed by atoms with Crippen LogP contribution in [0.3, 0.4) is 0 Å². The molecule has 0 bridgehead atoms. The number of fused-ring (bicyclic) bond motifs is 1. The molecule has 174 valence electrons. The maximum absolute atomic E-state index is 4.38. The van der Waals surface area contributed by atoms with E-state index in [1.54, 1.807) is 5.57 Å². The molecule has 0 aromatic rings. The van der Waals surface area contributed by atoms with Gasteiger partial charge in [-0.25, -0.2) is 0 Å². The second-order valence-corrected chi connectivity index (χ2v) is 12.3. The van der Waals surface area contributed by atoms with Crippen molar-refractivity contribution < 1.29 is 0 Å². The molecule has 0 heterocycles. The first-order valence-electron chi connectivity index (χ1n) is 13.3. The van der Waals surface area contributed by atoms with Crippen molar-refractivity contribution in [3.8, 4) is 0 Å². The van der Waals surface area contributed by atoms with Crippen molar-refractivity contribution in [1.82, 2.24) is 0 Å². The molecule has 0 aromatic carbocycles. The van der Waals surface area contributed by atoms with E-state index >= 15 is 0 Å². The average Bonchev–Trinajstić information content (AvgIpc) is 2.73. The summed E-state index contributed by atoms with van der Waals surface area (Å²) in [5.41, 5.74) is 5.45. The number of hydrogen-bond donors (Lipinski definition) is 0. The summed E-state index contributed by atoms with van der Waals surface area (Å²) in [6.45, 7) is 21.6. The fourth-order valence-corrected chi connectivity index (χ4v) is 6.88. The second-order valence-electron chi connectivity index (χ2n) is 12.3. The third kappa shape index (κ3) is 4.99. The molecule has 0 spiro atoms. The summed E-state index contributed by atoms with van der Waals surface area (Å²) >= 11 is 0. The van der Waals surface area contributed by atoms with Gasteiger partial charge in [-0.3, -0.25) is 0 Å². The van der Waals surface area contributed by atoms with E-state index in [9.17, 15) is 0 Å². The summed E-state index contributed by atoms with van der Waals surface area (Å²) < 4.78 is 0. The van der Waals surface area contributed by atoms with Crippen molar-refractivity contribution in [2.75, 3.05) is 0 Å². The molecule has 0 nitrogen and oxygen atoms in total. The lowest BCUT2D eigenvalue weighted by Crippen LogP contribution is -2.51. The molecular formula is C31H50. The van der Waals surface area contributed by atoms with Crippen molar-refractivity contribution in [2.24, 2.45) is 40.4 Å². The van der Waals surface area contributed by atoms with Crippen LogP contribution in [0.25, 0.3) is 0 Å². The van der Waals surface area contributed by atoms with E-state index in [4.69, 9.17) is 0 Å². The Labute approximate surface area is 194 Å². The highest BCUT2D eigenvalue weighted by Crippen LogP contribution is 2.64. The van der Waals surface area contributed by atoms with Crippen LogP contribution >= 0.6 is 0 Å². The molecule has 5 unspecified atom stereocenters. The summed E-state index contributed by atoms with van der Waals surface area (Å²) in [4.78, 5) is 0. The standard InChI is InChI=1S/C31H50/c1-22(2)24(4)15-16-26(6)30(7)19-10-12-29-27(11-9-20-31(29,30)8)17-18-28-21-23(3)13-14-25(28)5/h15-18,22-24,26,29H,5,9-14,19-21H2,1-4,6-8H3/b16-15+,27-17+,28-18-/t23?,24?,26?,29?,30?,31-/m0/s1. The minimum Gasteiger partial charge on any atom is -0.0956 e. The number of rotatable bonds is 5. The van der Waals surface area contributed by atoms with Gasteiger partial charge in [-0.05, 0) is 97.4 Å². The van der Waals surface area contributed by atoms with Gasteiger partial charge in [-0.1, -0.05) is 96.9 Å². The summed E-state index contributed by atoms with van der Waals surface area (Å²) in [6.07, 6.45) is 22.0. The maximum Gasteiger partial charge on any atom is -0.0141 e. The zero-order valence-electron chi connectivity index (χ0n) is 21.8. The summed E-state index contributed by atoms with van der Waals surface area (Å²) in [6, 6.07) is 0. The molecule has 0 amide bonds. The highest BCUT2D eigenvalue weighted by Gasteiger charge is 2.55. The monoisotopic (exact) mass is 422 g/mol. The van der Waals surface area contributed by atoms with Gasteiger partial charge < -0.3 is 0 Å². The largest absolute Gasteiger partial charge is 0.0956 e. The fourth-order valence-electron chi connectivity index (χ4n) is 6.88. The molecule has 0 aliphatic heterocycles. The zero-order chi connectivity index (χ0) is 22.8. The highest BCUT2D eigenvalue weighted by atomic mass is 14.6. The minimum atomic E-state index is 0.388. The third-order valence-corrected chi connectivity index (χ3v) is 10.1. The van der Waals surface area contributed by atoms with Crippen LogP contribution in [0.5, 0.6) is 0 Å². The Balaban J connectivity index is 1.86. The van der Waals surface area contributed by atoms with Crippen LogP contribution in [-0.4, -0.2) is 0 Å². The Kier molecular flexibility index (Phi) is 7.81. The van der Waals surface area contributed by atoms with Crippen LogP contribution in [0.1, 0.15) is 106 Å². The molecular weight excluding hydrogens is 372 g/mol. The molecule has 0 radical (unpaired) electrons. The van der Waals surface area contributed by atoms with E-state index in [0.29, 0.717) is 22.7 Å². The van der Waals surface area contributed by atoms with Gasteiger partial charge >= 0.3 is 0 Å². The lowest BCUT2D eigenvalue weighted by molar-refractivity contribution is -0.0687. The third-order valence-electron chi connectivity index (χ3n) is 10.1. The lowest BCUT2D eigenvalue weighted by atomic mass is 9.45. The SMILES string of the molecule is C=C1CCC(C)C/C1=C/C=C1\CCC[C@@]2(C)C1CCCC2(C)C(C)/C=C/C(C)C(C)C. The van der Waals surface area contributed by atoms with Gasteiger partial charge in [0, 0.05) is 0 Å². The molecule has 6 atom stereocenters. The first-order chi connectivity index (χ1) is 14.6. The second kappa shape index (κ2) is 9.84. The van der Waals surface area contributed by atoms with Crippen LogP contribution in [-0.2, 0) is 0 Å². The minimum absolute atomic E-state index is 0.388. The van der Waals surface area contributed by atoms with E-state index in [0.717, 1.165) is 17.8 Å². The first kappa shape index (κ1) is 24.6. The summed E-state index contributed by atoms with van der Waals surface area (Å²) in [7, 11) is 0. The van der Waals surface area contributed by atoms with Gasteiger partial charge in [-0.15, -0.1) is 0 Å². The first-order valence-corrected chi connectivity index (χ1v) is 13.3. The van der Waals surface area contributed by atoms with Crippen molar-refractivity contribution in [1.29, 1.82) is 0 Å². The van der Waals surface area contributed by atoms with E-state index in [1.807, 2.05) is 0 Å². The van der Waals surface area contributed by atoms with E-state index in [-0.39, 0.29) is 0 Å². The van der Waals surface area contributed by atoms with E-state index in [2.05, 4.69) is 79.3 Å². The van der Waals surface area contributed by atoms with E-state index < -0.39 is 0 Å². The van der Waals surface area contributed by atoms with Crippen LogP contribution in [0.4, 0.5) is 0 Å². The smallest absolute Gasteiger partial charge is 0.0141 e. The van der Waals surface area contributed by atoms with Crippen molar-refractivity contribution in [3.05, 3.63) is 47.6 Å². The molecule has 3 rings (SSSR count). The predicted octanol–water partition coefficient (Wildman–Crippen LogP) is 9.70. The van der Waals surface area contributed by atoms with Crippen molar-refractivity contribution in [2.45, 2.75) is 106 Å². The van der Waals surface area contributed by atoms with Gasteiger partial charge in [0.2, 0.25) is 0 Å². The Morgan fingerprint density at radius 1 is 0.935 bits per heavy atom. The number of allylic oxidation sites excluding steroid dienone is 7. The molecule has 3 fully saturated rings.